The number of aryl methyl sites for hydroxylation is 1. The molecule has 3 aromatic rings. The van der Waals surface area contributed by atoms with E-state index in [0.29, 0.717) is 13.1 Å². The predicted octanol–water partition coefficient (Wildman–Crippen LogP) is 3.53. The molecule has 0 fully saturated rings. The number of hydrogen-bond acceptors (Lipinski definition) is 3. The van der Waals surface area contributed by atoms with E-state index in [1.165, 1.54) is 0 Å². The first kappa shape index (κ1) is 18.2. The molecule has 0 unspecified atom stereocenters. The van der Waals surface area contributed by atoms with Crippen molar-refractivity contribution in [3.8, 4) is 0 Å². The second kappa shape index (κ2) is 7.11. The maximum Gasteiger partial charge on any atom is 0.229 e. The fourth-order valence-corrected chi connectivity index (χ4v) is 3.86. The molecule has 0 radical (unpaired) electrons. The summed E-state index contributed by atoms with van der Waals surface area (Å²) in [5.74, 6) is 0.714. The summed E-state index contributed by atoms with van der Waals surface area (Å²) in [6.45, 7) is 6.74. The summed E-state index contributed by atoms with van der Waals surface area (Å²) < 4.78 is 2.09. The number of fused-ring (bicyclic) bond motifs is 2. The minimum absolute atomic E-state index is 0.0291. The van der Waals surface area contributed by atoms with Crippen molar-refractivity contribution in [1.29, 1.82) is 0 Å². The first-order chi connectivity index (χ1) is 13.4. The molecule has 2 aromatic carbocycles. The van der Waals surface area contributed by atoms with Gasteiger partial charge in [-0.05, 0) is 49.2 Å². The van der Waals surface area contributed by atoms with Gasteiger partial charge in [-0.3, -0.25) is 9.59 Å². The van der Waals surface area contributed by atoms with Crippen LogP contribution in [0.25, 0.3) is 11.0 Å². The number of anilines is 2. The molecule has 0 saturated heterocycles. The lowest BCUT2D eigenvalue weighted by molar-refractivity contribution is -0.119. The molecule has 4 rings (SSSR count). The molecular formula is C22H24N4O2. The van der Waals surface area contributed by atoms with Crippen molar-refractivity contribution in [2.24, 2.45) is 5.92 Å². The van der Waals surface area contributed by atoms with Crippen LogP contribution in [-0.4, -0.2) is 27.9 Å². The molecule has 1 aromatic heterocycles. The maximum atomic E-state index is 12.7. The zero-order valence-electron chi connectivity index (χ0n) is 16.4. The molecular weight excluding hydrogens is 352 g/mol. The zero-order valence-corrected chi connectivity index (χ0v) is 16.4. The molecule has 1 aliphatic rings. The summed E-state index contributed by atoms with van der Waals surface area (Å²) >= 11 is 0. The predicted molar refractivity (Wildman–Crippen MR) is 110 cm³/mol. The van der Waals surface area contributed by atoms with Gasteiger partial charge in [0.1, 0.15) is 5.82 Å². The van der Waals surface area contributed by atoms with Crippen LogP contribution in [0.1, 0.15) is 25.2 Å². The smallest absolute Gasteiger partial charge is 0.229 e. The van der Waals surface area contributed by atoms with E-state index in [9.17, 15) is 9.59 Å². The van der Waals surface area contributed by atoms with Crippen molar-refractivity contribution in [3.05, 3.63) is 53.9 Å². The first-order valence-electron chi connectivity index (χ1n) is 9.58. The summed E-state index contributed by atoms with van der Waals surface area (Å²) in [6, 6.07) is 13.7. The molecule has 144 valence electrons. The molecule has 0 spiro atoms. The Morgan fingerprint density at radius 2 is 2.00 bits per heavy atom. The highest BCUT2D eigenvalue weighted by Crippen LogP contribution is 2.30. The van der Waals surface area contributed by atoms with Crippen LogP contribution in [0.5, 0.6) is 0 Å². The van der Waals surface area contributed by atoms with Crippen molar-refractivity contribution < 1.29 is 9.59 Å². The summed E-state index contributed by atoms with van der Waals surface area (Å²) in [5, 5.41) is 3.02. The molecule has 1 atom stereocenters. The molecule has 0 bridgehead atoms. The minimum atomic E-state index is -0.210. The Morgan fingerprint density at radius 1 is 1.21 bits per heavy atom. The number of hydrogen-bond donors (Lipinski definition) is 1. The number of amides is 2. The minimum Gasteiger partial charge on any atom is -0.327 e. The second-order valence-electron chi connectivity index (χ2n) is 7.41. The van der Waals surface area contributed by atoms with E-state index in [4.69, 9.17) is 0 Å². The highest BCUT2D eigenvalue weighted by molar-refractivity contribution is 5.96. The SMILES string of the molecule is CC(=O)N1CCc2cc(NC(=O)[C@H](C)Cn3c(C)nc4ccccc43)ccc21. The summed E-state index contributed by atoms with van der Waals surface area (Å²) in [5.41, 5.74) is 4.80. The van der Waals surface area contributed by atoms with Crippen LogP contribution in [0, 0.1) is 12.8 Å². The van der Waals surface area contributed by atoms with Gasteiger partial charge in [-0.2, -0.15) is 0 Å². The normalized spacial score (nSPS) is 14.2. The number of nitrogens with one attached hydrogen (secondary N) is 1. The molecule has 6 heteroatoms. The quantitative estimate of drug-likeness (QED) is 0.757. The van der Waals surface area contributed by atoms with Crippen LogP contribution < -0.4 is 10.2 Å². The van der Waals surface area contributed by atoms with Crippen LogP contribution in [-0.2, 0) is 22.6 Å². The number of nitrogens with zero attached hydrogens (tertiary/aromatic N) is 3. The van der Waals surface area contributed by atoms with E-state index >= 15 is 0 Å². The molecule has 0 aliphatic carbocycles. The van der Waals surface area contributed by atoms with Gasteiger partial charge >= 0.3 is 0 Å². The van der Waals surface area contributed by atoms with Crippen LogP contribution in [0.3, 0.4) is 0 Å². The number of para-hydroxylation sites is 2. The topological polar surface area (TPSA) is 67.2 Å². The second-order valence-corrected chi connectivity index (χ2v) is 7.41. The Balaban J connectivity index is 1.48. The Hall–Kier alpha value is -3.15. The molecule has 28 heavy (non-hydrogen) atoms. The third-order valence-corrected chi connectivity index (χ3v) is 5.37. The first-order valence-corrected chi connectivity index (χ1v) is 9.58. The van der Waals surface area contributed by atoms with Gasteiger partial charge in [-0.15, -0.1) is 0 Å². The van der Waals surface area contributed by atoms with E-state index in [1.807, 2.05) is 56.3 Å². The molecule has 2 amide bonds. The van der Waals surface area contributed by atoms with Gasteiger partial charge in [0.05, 0.1) is 17.0 Å². The van der Waals surface area contributed by atoms with Crippen molar-refractivity contribution >= 4 is 34.2 Å². The fraction of sp³-hybridized carbons (Fsp3) is 0.318. The third kappa shape index (κ3) is 3.26. The highest BCUT2D eigenvalue weighted by atomic mass is 16.2. The van der Waals surface area contributed by atoms with Crippen molar-refractivity contribution in [2.75, 3.05) is 16.8 Å². The Bertz CT molecular complexity index is 1070. The van der Waals surface area contributed by atoms with E-state index in [2.05, 4.69) is 14.9 Å². The number of carbonyl (C=O) groups excluding carboxylic acids is 2. The fourth-order valence-electron chi connectivity index (χ4n) is 3.86. The van der Waals surface area contributed by atoms with Crippen molar-refractivity contribution in [3.63, 3.8) is 0 Å². The Morgan fingerprint density at radius 3 is 2.79 bits per heavy atom. The van der Waals surface area contributed by atoms with Crippen LogP contribution >= 0.6 is 0 Å². The van der Waals surface area contributed by atoms with Gasteiger partial charge < -0.3 is 14.8 Å². The number of aromatic nitrogens is 2. The van der Waals surface area contributed by atoms with E-state index in [1.54, 1.807) is 11.8 Å². The third-order valence-electron chi connectivity index (χ3n) is 5.37. The zero-order chi connectivity index (χ0) is 19.8. The van der Waals surface area contributed by atoms with Crippen LogP contribution in [0.2, 0.25) is 0 Å². The highest BCUT2D eigenvalue weighted by Gasteiger charge is 2.23. The number of rotatable bonds is 4. The molecule has 1 aliphatic heterocycles. The van der Waals surface area contributed by atoms with Crippen LogP contribution in [0.4, 0.5) is 11.4 Å². The summed E-state index contributed by atoms with van der Waals surface area (Å²) in [4.78, 5) is 30.8. The van der Waals surface area contributed by atoms with Crippen molar-refractivity contribution in [2.45, 2.75) is 33.7 Å². The Kier molecular flexibility index (Phi) is 4.63. The van der Waals surface area contributed by atoms with E-state index in [-0.39, 0.29) is 17.7 Å². The lowest BCUT2D eigenvalue weighted by atomic mass is 10.1. The van der Waals surface area contributed by atoms with E-state index < -0.39 is 0 Å². The van der Waals surface area contributed by atoms with Gasteiger partial charge in [0.25, 0.3) is 0 Å². The lowest BCUT2D eigenvalue weighted by Gasteiger charge is -2.17. The average Bonchev–Trinajstić information content (AvgIpc) is 3.22. The number of benzene rings is 2. The molecule has 0 saturated carbocycles. The largest absolute Gasteiger partial charge is 0.327 e. The molecule has 1 N–H and O–H groups in total. The average molecular weight is 376 g/mol. The van der Waals surface area contributed by atoms with Crippen molar-refractivity contribution in [1.82, 2.24) is 9.55 Å². The van der Waals surface area contributed by atoms with Gasteiger partial charge in [0, 0.05) is 31.4 Å². The Labute approximate surface area is 164 Å². The number of carbonyl (C=O) groups is 2. The summed E-state index contributed by atoms with van der Waals surface area (Å²) in [7, 11) is 0. The van der Waals surface area contributed by atoms with Gasteiger partial charge in [0.15, 0.2) is 0 Å². The van der Waals surface area contributed by atoms with Gasteiger partial charge in [-0.1, -0.05) is 19.1 Å². The maximum absolute atomic E-state index is 12.7. The summed E-state index contributed by atoms with van der Waals surface area (Å²) in [6.07, 6.45) is 0.814. The monoisotopic (exact) mass is 376 g/mol. The van der Waals surface area contributed by atoms with Gasteiger partial charge in [-0.25, -0.2) is 4.98 Å². The molecule has 6 nitrogen and oxygen atoms in total. The lowest BCUT2D eigenvalue weighted by Crippen LogP contribution is -2.26. The number of imidazole rings is 1. The molecule has 2 heterocycles. The standard InChI is InChI=1S/C22H24N4O2/c1-14(13-26-15(2)23-19-6-4-5-7-21(19)26)22(28)24-18-8-9-20-17(12-18)10-11-25(20)16(3)27/h4-9,12,14H,10-11,13H2,1-3H3,(H,24,28)/t14-/m1/s1. The van der Waals surface area contributed by atoms with Crippen LogP contribution in [0.15, 0.2) is 42.5 Å². The van der Waals surface area contributed by atoms with E-state index in [0.717, 1.165) is 40.2 Å². The van der Waals surface area contributed by atoms with Gasteiger partial charge in [0.2, 0.25) is 11.8 Å².